The molecule has 1 aliphatic heterocycles. The van der Waals surface area contributed by atoms with E-state index in [0.717, 1.165) is 10.5 Å². The monoisotopic (exact) mass is 427 g/mol. The molecule has 1 aliphatic rings. The van der Waals surface area contributed by atoms with Crippen molar-refractivity contribution in [3.05, 3.63) is 88.0 Å². The van der Waals surface area contributed by atoms with Crippen molar-refractivity contribution in [3.8, 4) is 0 Å². The predicted molar refractivity (Wildman–Crippen MR) is 113 cm³/mol. The lowest BCUT2D eigenvalue weighted by molar-refractivity contribution is -0.136. The molecule has 156 valence electrons. The first-order chi connectivity index (χ1) is 14.3. The van der Waals surface area contributed by atoms with Crippen LogP contribution < -0.4 is 5.32 Å². The number of ether oxygens (including phenoxy) is 1. The second-order valence-electron chi connectivity index (χ2n) is 6.89. The maximum atomic E-state index is 13.2. The van der Waals surface area contributed by atoms with E-state index in [2.05, 4.69) is 5.32 Å². The molecule has 1 heterocycles. The van der Waals surface area contributed by atoms with Crippen molar-refractivity contribution in [2.75, 3.05) is 7.11 Å². The van der Waals surface area contributed by atoms with E-state index in [-0.39, 0.29) is 17.0 Å². The number of carbonyl (C=O) groups excluding carboxylic acids is 1. The van der Waals surface area contributed by atoms with E-state index in [4.69, 9.17) is 4.74 Å². The van der Waals surface area contributed by atoms with Gasteiger partial charge in [-0.05, 0) is 43.2 Å². The third-order valence-electron chi connectivity index (χ3n) is 4.93. The Bertz CT molecular complexity index is 1040. The van der Waals surface area contributed by atoms with Crippen LogP contribution >= 0.6 is 11.8 Å². The third kappa shape index (κ3) is 4.41. The smallest absolute Gasteiger partial charge is 0.336 e. The molecule has 0 fully saturated rings. The molecule has 7 heteroatoms. The zero-order chi connectivity index (χ0) is 21.8. The largest absolute Gasteiger partial charge is 0.478 e. The second kappa shape index (κ2) is 9.17. The van der Waals surface area contributed by atoms with Gasteiger partial charge in [0.2, 0.25) is 0 Å². The number of halogens is 1. The van der Waals surface area contributed by atoms with Crippen LogP contribution in [0.25, 0.3) is 0 Å². The standard InChI is InChI=1S/C23H22FNO4S/c1-13-19(22(26)27)21(20(14(2)25-13)23(28)29-3)17-6-4-5-7-18(17)30-12-15-8-10-16(24)11-9-15/h4-11,21,25H,12H2,1-3H3,(H,26,27). The number of benzene rings is 2. The Hall–Kier alpha value is -3.06. The van der Waals surface area contributed by atoms with Crippen LogP contribution in [0.1, 0.15) is 30.9 Å². The van der Waals surface area contributed by atoms with Gasteiger partial charge in [0.05, 0.1) is 24.2 Å². The lowest BCUT2D eigenvalue weighted by Gasteiger charge is -2.30. The number of esters is 1. The van der Waals surface area contributed by atoms with Gasteiger partial charge in [0.15, 0.2) is 0 Å². The highest BCUT2D eigenvalue weighted by atomic mass is 32.2. The van der Waals surface area contributed by atoms with Gasteiger partial charge in [-0.1, -0.05) is 30.3 Å². The number of carbonyl (C=O) groups is 2. The van der Waals surface area contributed by atoms with Crippen molar-refractivity contribution in [1.29, 1.82) is 0 Å². The lowest BCUT2D eigenvalue weighted by Crippen LogP contribution is -2.31. The fourth-order valence-corrected chi connectivity index (χ4v) is 4.60. The van der Waals surface area contributed by atoms with Crippen LogP contribution in [0.3, 0.4) is 0 Å². The van der Waals surface area contributed by atoms with Crippen molar-refractivity contribution in [2.24, 2.45) is 0 Å². The fraction of sp³-hybridized carbons (Fsp3) is 0.217. The van der Waals surface area contributed by atoms with Gasteiger partial charge in [0, 0.05) is 22.0 Å². The molecule has 2 aromatic carbocycles. The molecule has 0 bridgehead atoms. The average molecular weight is 427 g/mol. The van der Waals surface area contributed by atoms with Gasteiger partial charge in [-0.15, -0.1) is 11.8 Å². The van der Waals surface area contributed by atoms with Gasteiger partial charge in [-0.2, -0.15) is 0 Å². The topological polar surface area (TPSA) is 75.6 Å². The summed E-state index contributed by atoms with van der Waals surface area (Å²) >= 11 is 1.50. The van der Waals surface area contributed by atoms with Crippen LogP contribution in [-0.2, 0) is 20.1 Å². The number of aliphatic carboxylic acids is 1. The quantitative estimate of drug-likeness (QED) is 0.518. The SMILES string of the molecule is COC(=O)C1=C(C)NC(C)=C(C(=O)O)C1c1ccccc1SCc1ccc(F)cc1. The van der Waals surface area contributed by atoms with Crippen molar-refractivity contribution in [3.63, 3.8) is 0 Å². The van der Waals surface area contributed by atoms with E-state index in [1.165, 1.54) is 31.0 Å². The Morgan fingerprint density at radius 3 is 2.33 bits per heavy atom. The minimum absolute atomic E-state index is 0.107. The number of methoxy groups -OCH3 is 1. The normalized spacial score (nSPS) is 16.3. The van der Waals surface area contributed by atoms with Gasteiger partial charge in [-0.25, -0.2) is 14.0 Å². The molecule has 0 saturated heterocycles. The fourth-order valence-electron chi connectivity index (χ4n) is 3.56. The molecule has 1 unspecified atom stereocenters. The molecule has 0 radical (unpaired) electrons. The third-order valence-corrected chi connectivity index (χ3v) is 6.09. The number of hydrogen-bond acceptors (Lipinski definition) is 5. The zero-order valence-electron chi connectivity index (χ0n) is 16.9. The van der Waals surface area contributed by atoms with Crippen molar-refractivity contribution < 1.29 is 23.8 Å². The number of thioether (sulfide) groups is 1. The van der Waals surface area contributed by atoms with E-state index in [1.807, 2.05) is 24.3 Å². The average Bonchev–Trinajstić information content (AvgIpc) is 2.72. The van der Waals surface area contributed by atoms with Gasteiger partial charge in [0.25, 0.3) is 0 Å². The Kier molecular flexibility index (Phi) is 6.62. The first-order valence-electron chi connectivity index (χ1n) is 9.29. The summed E-state index contributed by atoms with van der Waals surface area (Å²) in [5, 5.41) is 12.9. The highest BCUT2D eigenvalue weighted by molar-refractivity contribution is 7.98. The molecule has 3 rings (SSSR count). The summed E-state index contributed by atoms with van der Waals surface area (Å²) in [5.41, 5.74) is 3.07. The predicted octanol–water partition coefficient (Wildman–Crippen LogP) is 4.61. The van der Waals surface area contributed by atoms with Crippen LogP contribution in [0.5, 0.6) is 0 Å². The molecule has 0 amide bonds. The Labute approximate surface area is 178 Å². The van der Waals surface area contributed by atoms with E-state index in [9.17, 15) is 19.1 Å². The summed E-state index contributed by atoms with van der Waals surface area (Å²) in [6, 6.07) is 13.6. The zero-order valence-corrected chi connectivity index (χ0v) is 17.7. The maximum Gasteiger partial charge on any atom is 0.336 e. The van der Waals surface area contributed by atoms with E-state index in [0.29, 0.717) is 22.7 Å². The Morgan fingerprint density at radius 2 is 1.70 bits per heavy atom. The van der Waals surface area contributed by atoms with Crippen LogP contribution in [0.15, 0.2) is 76.0 Å². The van der Waals surface area contributed by atoms with Crippen LogP contribution in [0.2, 0.25) is 0 Å². The Morgan fingerprint density at radius 1 is 1.07 bits per heavy atom. The summed E-state index contributed by atoms with van der Waals surface area (Å²) in [6.45, 7) is 3.41. The molecular weight excluding hydrogens is 405 g/mol. The summed E-state index contributed by atoms with van der Waals surface area (Å²) in [6.07, 6.45) is 0. The molecule has 0 saturated carbocycles. The van der Waals surface area contributed by atoms with Crippen molar-refractivity contribution in [2.45, 2.75) is 30.4 Å². The van der Waals surface area contributed by atoms with Gasteiger partial charge in [0.1, 0.15) is 5.82 Å². The van der Waals surface area contributed by atoms with Crippen LogP contribution in [0.4, 0.5) is 4.39 Å². The van der Waals surface area contributed by atoms with Crippen LogP contribution in [0, 0.1) is 5.82 Å². The summed E-state index contributed by atoms with van der Waals surface area (Å²) in [4.78, 5) is 25.5. The van der Waals surface area contributed by atoms with Gasteiger partial charge >= 0.3 is 11.9 Å². The highest BCUT2D eigenvalue weighted by Gasteiger charge is 2.38. The molecule has 0 aliphatic carbocycles. The molecule has 0 spiro atoms. The Balaban J connectivity index is 2.06. The van der Waals surface area contributed by atoms with Crippen LogP contribution in [-0.4, -0.2) is 24.2 Å². The first-order valence-corrected chi connectivity index (χ1v) is 10.3. The van der Waals surface area contributed by atoms with E-state index in [1.54, 1.807) is 26.0 Å². The number of rotatable bonds is 6. The second-order valence-corrected chi connectivity index (χ2v) is 7.90. The summed E-state index contributed by atoms with van der Waals surface area (Å²) < 4.78 is 18.1. The number of dihydropyridines is 1. The maximum absolute atomic E-state index is 13.2. The molecule has 2 aromatic rings. The van der Waals surface area contributed by atoms with Crippen molar-refractivity contribution >= 4 is 23.7 Å². The number of allylic oxidation sites excluding steroid dienone is 2. The number of nitrogens with one attached hydrogen (secondary N) is 1. The van der Waals surface area contributed by atoms with E-state index < -0.39 is 17.9 Å². The number of hydrogen-bond donors (Lipinski definition) is 2. The molecule has 30 heavy (non-hydrogen) atoms. The molecule has 1 atom stereocenters. The summed E-state index contributed by atoms with van der Waals surface area (Å²) in [7, 11) is 1.28. The van der Waals surface area contributed by atoms with E-state index >= 15 is 0 Å². The van der Waals surface area contributed by atoms with Gasteiger partial charge in [-0.3, -0.25) is 0 Å². The molecule has 5 nitrogen and oxygen atoms in total. The molecule has 2 N–H and O–H groups in total. The minimum atomic E-state index is -1.10. The molecule has 0 aromatic heterocycles. The number of carboxylic acid groups (broad SMARTS) is 1. The minimum Gasteiger partial charge on any atom is -0.478 e. The number of carboxylic acids is 1. The first kappa shape index (κ1) is 21.6. The molecular formula is C23H22FNO4S. The lowest BCUT2D eigenvalue weighted by atomic mass is 9.80. The van der Waals surface area contributed by atoms with Crippen molar-refractivity contribution in [1.82, 2.24) is 5.32 Å². The highest BCUT2D eigenvalue weighted by Crippen LogP contribution is 2.42. The van der Waals surface area contributed by atoms with Gasteiger partial charge < -0.3 is 15.2 Å². The summed E-state index contributed by atoms with van der Waals surface area (Å²) in [5.74, 6) is -2.17.